The van der Waals surface area contributed by atoms with Gasteiger partial charge in [0.05, 0.1) is 29.4 Å². The number of nitriles is 2. The number of esters is 1. The molecule has 0 spiro atoms. The van der Waals surface area contributed by atoms with Crippen LogP contribution in [0.3, 0.4) is 0 Å². The van der Waals surface area contributed by atoms with Crippen LogP contribution in [-0.4, -0.2) is 23.3 Å². The van der Waals surface area contributed by atoms with E-state index < -0.39 is 11.9 Å². The molecule has 0 bridgehead atoms. The Kier molecular flexibility index (Phi) is 8.67. The molecule has 202 valence electrons. The second-order valence-electron chi connectivity index (χ2n) is 10.8. The maximum Gasteiger partial charge on any atom is 0.338 e. The van der Waals surface area contributed by atoms with E-state index in [0.29, 0.717) is 16.3 Å². The fourth-order valence-corrected chi connectivity index (χ4v) is 5.90. The minimum atomic E-state index is -0.733. The van der Waals surface area contributed by atoms with Gasteiger partial charge in [0.15, 0.2) is 0 Å². The van der Waals surface area contributed by atoms with Crippen LogP contribution >= 0.6 is 11.8 Å². The molecule has 8 heteroatoms. The number of nitrogens with zero attached hydrogens (tertiary/aromatic N) is 3. The number of fused-ring (bicyclic) bond motifs is 1. The molecule has 1 aromatic carbocycles. The third-order valence-corrected chi connectivity index (χ3v) is 8.07. The molecule has 0 saturated carbocycles. The lowest BCUT2D eigenvalue weighted by molar-refractivity contribution is -0.139. The molecule has 4 rings (SSSR count). The number of aromatic nitrogens is 1. The number of ether oxygens (including phenoxy) is 2. The number of aryl methyl sites for hydroxylation is 2. The van der Waals surface area contributed by atoms with Crippen molar-refractivity contribution in [3.8, 4) is 12.1 Å². The number of carbonyl (C=O) groups excluding carboxylic acids is 1. The molecule has 2 heterocycles. The average molecular weight is 543 g/mol. The van der Waals surface area contributed by atoms with E-state index in [1.54, 1.807) is 6.92 Å². The molecule has 0 radical (unpaired) electrons. The highest BCUT2D eigenvalue weighted by Gasteiger charge is 2.38. The number of pyridine rings is 1. The highest BCUT2D eigenvalue weighted by Crippen LogP contribution is 2.42. The van der Waals surface area contributed by atoms with E-state index in [0.717, 1.165) is 54.5 Å². The van der Waals surface area contributed by atoms with Crippen molar-refractivity contribution in [3.63, 3.8) is 0 Å². The zero-order valence-corrected chi connectivity index (χ0v) is 23.8. The first-order chi connectivity index (χ1) is 18.7. The Morgan fingerprint density at radius 3 is 2.51 bits per heavy atom. The van der Waals surface area contributed by atoms with Gasteiger partial charge in [-0.25, -0.2) is 9.78 Å². The van der Waals surface area contributed by atoms with Crippen LogP contribution in [-0.2, 0) is 32.5 Å². The fourth-order valence-electron chi connectivity index (χ4n) is 4.98. The highest BCUT2D eigenvalue weighted by molar-refractivity contribution is 7.99. The first-order valence-corrected chi connectivity index (χ1v) is 14.3. The highest BCUT2D eigenvalue weighted by atomic mass is 32.2. The van der Waals surface area contributed by atoms with Crippen molar-refractivity contribution in [2.45, 2.75) is 76.2 Å². The van der Waals surface area contributed by atoms with Crippen LogP contribution in [0.2, 0.25) is 0 Å². The first kappa shape index (κ1) is 28.3. The van der Waals surface area contributed by atoms with Crippen molar-refractivity contribution in [1.82, 2.24) is 4.98 Å². The summed E-state index contributed by atoms with van der Waals surface area (Å²) in [5.41, 5.74) is 11.1. The Bertz CT molecular complexity index is 1410. The number of hydrogen-bond acceptors (Lipinski definition) is 8. The number of rotatable bonds is 6. The molecular weight excluding hydrogens is 508 g/mol. The molecule has 2 aromatic rings. The predicted molar refractivity (Wildman–Crippen MR) is 150 cm³/mol. The quantitative estimate of drug-likeness (QED) is 0.270. The smallest absolute Gasteiger partial charge is 0.338 e. The number of allylic oxidation sites excluding steroid dienone is 1. The number of hydrogen-bond donors (Lipinski definition) is 1. The van der Waals surface area contributed by atoms with Gasteiger partial charge in [-0.2, -0.15) is 10.5 Å². The SMILES string of the molecule is CCOC(=O)C1=C(CSc2nc3c(cc2C#N)CCCCC3)OC(N)=C(C#N)C1c1ccc(C(C)(C)C)cc1. The van der Waals surface area contributed by atoms with Gasteiger partial charge in [-0.05, 0) is 60.8 Å². The number of thioether (sulfide) groups is 1. The van der Waals surface area contributed by atoms with Crippen LogP contribution in [0.1, 0.15) is 80.8 Å². The van der Waals surface area contributed by atoms with Crippen LogP contribution in [0.25, 0.3) is 0 Å². The summed E-state index contributed by atoms with van der Waals surface area (Å²) in [7, 11) is 0. The molecular formula is C31H34N4O3S. The summed E-state index contributed by atoms with van der Waals surface area (Å²) in [6.45, 7) is 8.28. The van der Waals surface area contributed by atoms with Gasteiger partial charge in [-0.1, -0.05) is 63.2 Å². The zero-order valence-electron chi connectivity index (χ0n) is 23.0. The van der Waals surface area contributed by atoms with Gasteiger partial charge >= 0.3 is 5.97 Å². The summed E-state index contributed by atoms with van der Waals surface area (Å²) >= 11 is 1.33. The molecule has 2 N–H and O–H groups in total. The molecule has 0 saturated heterocycles. The van der Waals surface area contributed by atoms with E-state index in [9.17, 15) is 15.3 Å². The average Bonchev–Trinajstić information content (AvgIpc) is 3.15. The van der Waals surface area contributed by atoms with E-state index in [1.165, 1.54) is 11.8 Å². The Labute approximate surface area is 234 Å². The van der Waals surface area contributed by atoms with Crippen LogP contribution in [0.5, 0.6) is 0 Å². The number of benzene rings is 1. The molecule has 39 heavy (non-hydrogen) atoms. The Hall–Kier alpha value is -3.75. The minimum absolute atomic E-state index is 0.0403. The van der Waals surface area contributed by atoms with Crippen molar-refractivity contribution in [3.05, 3.63) is 81.1 Å². The molecule has 1 atom stereocenters. The molecule has 1 unspecified atom stereocenters. The van der Waals surface area contributed by atoms with Gasteiger partial charge in [0.2, 0.25) is 5.88 Å². The lowest BCUT2D eigenvalue weighted by atomic mass is 9.80. The van der Waals surface area contributed by atoms with E-state index in [2.05, 4.69) is 32.9 Å². The van der Waals surface area contributed by atoms with Gasteiger partial charge in [-0.3, -0.25) is 0 Å². The number of nitrogens with two attached hydrogens (primary N) is 1. The van der Waals surface area contributed by atoms with Crippen molar-refractivity contribution in [2.24, 2.45) is 5.73 Å². The maximum absolute atomic E-state index is 13.3. The summed E-state index contributed by atoms with van der Waals surface area (Å²) in [5.74, 6) is -0.830. The summed E-state index contributed by atoms with van der Waals surface area (Å²) in [4.78, 5) is 18.2. The van der Waals surface area contributed by atoms with Gasteiger partial charge < -0.3 is 15.2 Å². The van der Waals surface area contributed by atoms with Crippen molar-refractivity contribution >= 4 is 17.7 Å². The van der Waals surface area contributed by atoms with Crippen LogP contribution in [0, 0.1) is 22.7 Å². The molecule has 0 amide bonds. The summed E-state index contributed by atoms with van der Waals surface area (Å²) in [6, 6.07) is 14.2. The molecule has 1 aliphatic heterocycles. The van der Waals surface area contributed by atoms with E-state index in [-0.39, 0.29) is 34.8 Å². The molecule has 1 aliphatic carbocycles. The van der Waals surface area contributed by atoms with E-state index >= 15 is 0 Å². The topological polar surface area (TPSA) is 122 Å². The van der Waals surface area contributed by atoms with Gasteiger partial charge in [0.25, 0.3) is 0 Å². The monoisotopic (exact) mass is 542 g/mol. The first-order valence-electron chi connectivity index (χ1n) is 13.3. The van der Waals surface area contributed by atoms with Gasteiger partial charge in [-0.15, -0.1) is 0 Å². The molecule has 7 nitrogen and oxygen atoms in total. The van der Waals surface area contributed by atoms with Crippen LogP contribution in [0.4, 0.5) is 0 Å². The molecule has 1 aromatic heterocycles. The van der Waals surface area contributed by atoms with Gasteiger partial charge in [0.1, 0.15) is 28.5 Å². The molecule has 2 aliphatic rings. The van der Waals surface area contributed by atoms with Crippen molar-refractivity contribution in [2.75, 3.05) is 12.4 Å². The predicted octanol–water partition coefficient (Wildman–Crippen LogP) is 5.94. The maximum atomic E-state index is 13.3. The summed E-state index contributed by atoms with van der Waals surface area (Å²) in [5, 5.41) is 20.4. The van der Waals surface area contributed by atoms with Crippen LogP contribution < -0.4 is 5.73 Å². The number of carbonyl (C=O) groups is 1. The summed E-state index contributed by atoms with van der Waals surface area (Å²) in [6.07, 6.45) is 5.13. The minimum Gasteiger partial charge on any atom is -0.463 e. The third-order valence-electron chi connectivity index (χ3n) is 7.08. The van der Waals surface area contributed by atoms with Crippen LogP contribution in [0.15, 0.2) is 58.1 Å². The van der Waals surface area contributed by atoms with E-state index in [4.69, 9.17) is 20.2 Å². The third kappa shape index (κ3) is 6.13. The second kappa shape index (κ2) is 12.0. The normalized spacial score (nSPS) is 17.4. The lowest BCUT2D eigenvalue weighted by Gasteiger charge is -2.28. The second-order valence-corrected chi connectivity index (χ2v) is 11.7. The largest absolute Gasteiger partial charge is 0.463 e. The standard InChI is InChI=1S/C31H34N4O3S/c1-5-37-30(36)27-25(18-39-29-21(16-32)15-20-9-7-6-8-10-24(20)35-29)38-28(34)23(17-33)26(27)19-11-13-22(14-12-19)31(2,3)4/h11-15,26H,5-10,18,34H2,1-4H3. The summed E-state index contributed by atoms with van der Waals surface area (Å²) < 4.78 is 11.3. The van der Waals surface area contributed by atoms with Crippen molar-refractivity contribution in [1.29, 1.82) is 10.5 Å². The Morgan fingerprint density at radius 1 is 1.15 bits per heavy atom. The zero-order chi connectivity index (χ0) is 28.2. The lowest BCUT2D eigenvalue weighted by Crippen LogP contribution is -2.27. The molecule has 0 fully saturated rings. The fraction of sp³-hybridized carbons (Fsp3) is 0.419. The Morgan fingerprint density at radius 2 is 1.87 bits per heavy atom. The van der Waals surface area contributed by atoms with Gasteiger partial charge in [0, 0.05) is 5.69 Å². The Balaban J connectivity index is 1.76. The van der Waals surface area contributed by atoms with E-state index in [1.807, 2.05) is 30.3 Å². The van der Waals surface area contributed by atoms with Crippen molar-refractivity contribution < 1.29 is 14.3 Å².